The molecule has 468 valence electrons. The van der Waals surface area contributed by atoms with Crippen molar-refractivity contribution in [1.29, 1.82) is 0 Å². The van der Waals surface area contributed by atoms with Gasteiger partial charge in [-0.15, -0.1) is 0 Å². The third-order valence-corrected chi connectivity index (χ3v) is 13.9. The number of esters is 6. The van der Waals surface area contributed by atoms with E-state index in [0.717, 1.165) is 148 Å². The molecule has 0 aliphatic carbocycles. The lowest BCUT2D eigenvalue weighted by molar-refractivity contribution is -0.155. The number of nitrogens with zero attached hydrogens (tertiary/aromatic N) is 3. The van der Waals surface area contributed by atoms with Gasteiger partial charge in [0.05, 0.1) is 65.6 Å². The zero-order chi connectivity index (χ0) is 59.1. The summed E-state index contributed by atoms with van der Waals surface area (Å²) in [5, 5.41) is 0. The van der Waals surface area contributed by atoms with Crippen LogP contribution in [0.15, 0.2) is 0 Å². The highest BCUT2D eigenvalue weighted by Gasteiger charge is 2.24. The van der Waals surface area contributed by atoms with E-state index in [1.807, 2.05) is 7.05 Å². The average Bonchev–Trinajstić information content (AvgIpc) is 3.44. The third kappa shape index (κ3) is 48.7. The molecule has 0 aromatic rings. The molecule has 0 heterocycles. The van der Waals surface area contributed by atoms with E-state index in [-0.39, 0.29) is 121 Å². The molecule has 0 fully saturated rings. The molecule has 0 aromatic carbocycles. The minimum Gasteiger partial charge on any atom is -0.465 e. The Morgan fingerprint density at radius 2 is 0.675 bits per heavy atom. The number of ether oxygens (including phenoxy) is 8. The molecule has 18 nitrogen and oxygen atoms in total. The van der Waals surface area contributed by atoms with E-state index in [9.17, 15) is 33.6 Å². The first-order valence-corrected chi connectivity index (χ1v) is 31.5. The predicted octanol–water partition coefficient (Wildman–Crippen LogP) is 12.0. The molecule has 0 saturated heterocycles. The Kier molecular flexibility index (Phi) is 52.7. The van der Waals surface area contributed by atoms with Crippen molar-refractivity contribution in [2.45, 2.75) is 233 Å². The second-order valence-corrected chi connectivity index (χ2v) is 21.7. The number of carbonyl (C=O) groups is 7. The quantitative estimate of drug-likeness (QED) is 0.0316. The Bertz CT molecular complexity index is 1400. The normalized spacial score (nSPS) is 11.3. The maximum Gasteiger partial charge on any atom is 0.319 e. The van der Waals surface area contributed by atoms with Crippen LogP contribution in [0.5, 0.6) is 0 Å². The Hall–Kier alpha value is -4.03. The highest BCUT2D eigenvalue weighted by atomic mass is 16.6. The molecule has 0 aliphatic rings. The van der Waals surface area contributed by atoms with Crippen LogP contribution in [0.1, 0.15) is 233 Å². The Morgan fingerprint density at radius 3 is 1.02 bits per heavy atom. The summed E-state index contributed by atoms with van der Waals surface area (Å²) in [6.07, 6.45) is 26.7. The number of unbranched alkanes of at least 4 members (excludes halogenated alkanes) is 20. The van der Waals surface area contributed by atoms with E-state index in [1.54, 1.807) is 19.1 Å². The zero-order valence-corrected chi connectivity index (χ0v) is 51.6. The van der Waals surface area contributed by atoms with Gasteiger partial charge in [0.15, 0.2) is 0 Å². The van der Waals surface area contributed by atoms with Gasteiger partial charge < -0.3 is 52.6 Å². The van der Waals surface area contributed by atoms with Crippen LogP contribution in [0.4, 0.5) is 4.79 Å². The number of rotatable bonds is 57. The van der Waals surface area contributed by atoms with E-state index in [4.69, 9.17) is 37.9 Å². The van der Waals surface area contributed by atoms with Gasteiger partial charge in [0, 0.05) is 71.4 Å². The molecule has 0 spiro atoms. The second kappa shape index (κ2) is 55.5. The van der Waals surface area contributed by atoms with Crippen LogP contribution in [0.25, 0.3) is 0 Å². The summed E-state index contributed by atoms with van der Waals surface area (Å²) in [4.78, 5) is 96.9. The maximum atomic E-state index is 14.0. The molecule has 0 rings (SSSR count). The fraction of sp³-hybridized carbons (Fsp3) is 0.887. The highest BCUT2D eigenvalue weighted by Crippen LogP contribution is 2.16. The van der Waals surface area contributed by atoms with E-state index in [2.05, 4.69) is 32.6 Å². The topological polar surface area (TPSA) is 203 Å². The number of urea groups is 1. The van der Waals surface area contributed by atoms with Crippen molar-refractivity contribution in [3.8, 4) is 0 Å². The number of hydrogen-bond acceptors (Lipinski definition) is 16. The van der Waals surface area contributed by atoms with Crippen LogP contribution in [0.3, 0.4) is 0 Å². The number of amides is 2. The maximum absolute atomic E-state index is 14.0. The van der Waals surface area contributed by atoms with Gasteiger partial charge in [-0.1, -0.05) is 156 Å². The van der Waals surface area contributed by atoms with Gasteiger partial charge in [-0.05, 0) is 52.1 Å². The minimum absolute atomic E-state index is 0.0215. The van der Waals surface area contributed by atoms with Gasteiger partial charge in [0.25, 0.3) is 0 Å². The molecule has 0 unspecified atom stereocenters. The predicted molar refractivity (Wildman–Crippen MR) is 313 cm³/mol. The van der Waals surface area contributed by atoms with E-state index in [0.29, 0.717) is 58.5 Å². The summed E-state index contributed by atoms with van der Waals surface area (Å²) in [6, 6.07) is -0.355. The first-order chi connectivity index (χ1) is 38.8. The highest BCUT2D eigenvalue weighted by molar-refractivity contribution is 5.75. The van der Waals surface area contributed by atoms with Gasteiger partial charge >= 0.3 is 41.8 Å². The lowest BCUT2D eigenvalue weighted by Crippen LogP contribution is -2.45. The summed E-state index contributed by atoms with van der Waals surface area (Å²) in [5.74, 6) is -3.97. The van der Waals surface area contributed by atoms with Gasteiger partial charge in [-0.3, -0.25) is 28.8 Å². The van der Waals surface area contributed by atoms with Crippen molar-refractivity contribution < 1.29 is 71.5 Å². The summed E-state index contributed by atoms with van der Waals surface area (Å²) < 4.78 is 44.3. The summed E-state index contributed by atoms with van der Waals surface area (Å²) in [7, 11) is 5.34. The molecule has 0 atom stereocenters. The molecule has 0 radical (unpaired) electrons. The van der Waals surface area contributed by atoms with Crippen molar-refractivity contribution in [3.63, 3.8) is 0 Å². The van der Waals surface area contributed by atoms with Crippen LogP contribution in [-0.4, -0.2) is 170 Å². The molecule has 0 bridgehead atoms. The van der Waals surface area contributed by atoms with Gasteiger partial charge in [-0.25, -0.2) is 4.79 Å². The van der Waals surface area contributed by atoms with Gasteiger partial charge in [0.2, 0.25) is 0 Å². The number of carbonyl (C=O) groups excluding carboxylic acids is 7. The lowest BCUT2D eigenvalue weighted by atomic mass is 10.1. The summed E-state index contributed by atoms with van der Waals surface area (Å²) in [5.41, 5.74) is 0. The fourth-order valence-electron chi connectivity index (χ4n) is 8.80. The van der Waals surface area contributed by atoms with Crippen molar-refractivity contribution >= 4 is 41.8 Å². The Labute approximate surface area is 484 Å². The molecular weight excluding hydrogens is 1030 g/mol. The van der Waals surface area contributed by atoms with Crippen molar-refractivity contribution in [1.82, 2.24) is 14.7 Å². The van der Waals surface area contributed by atoms with Crippen molar-refractivity contribution in [2.24, 2.45) is 11.8 Å². The zero-order valence-electron chi connectivity index (χ0n) is 51.6. The van der Waals surface area contributed by atoms with Crippen molar-refractivity contribution in [2.75, 3.05) is 113 Å². The molecule has 18 heteroatoms. The summed E-state index contributed by atoms with van der Waals surface area (Å²) >= 11 is 0. The molecule has 2 amide bonds. The molecule has 0 aromatic heterocycles. The molecule has 0 N–H and O–H groups in total. The van der Waals surface area contributed by atoms with Crippen LogP contribution in [-0.2, 0) is 66.7 Å². The first kappa shape index (κ1) is 76.0. The largest absolute Gasteiger partial charge is 0.465 e. The molecule has 0 saturated carbocycles. The SMILES string of the molecule is CCCCCCCCC(=O)OCC(COC(=O)CCCCCCCC)CC(=O)OCCN(CCOC(=O)CC(COC(=O)CCCCCCCC)COC(=O)CCCCCCCC)C(=O)N(C)CCCN(C)CCCOCCOC. The molecular formula is C62H115N3O15. The van der Waals surface area contributed by atoms with Crippen LogP contribution in [0.2, 0.25) is 0 Å². The average molecular weight is 1140 g/mol. The third-order valence-electron chi connectivity index (χ3n) is 13.9. The van der Waals surface area contributed by atoms with E-state index >= 15 is 0 Å². The van der Waals surface area contributed by atoms with Crippen LogP contribution < -0.4 is 0 Å². The molecule has 0 aliphatic heterocycles. The van der Waals surface area contributed by atoms with E-state index < -0.39 is 23.8 Å². The summed E-state index contributed by atoms with van der Waals surface area (Å²) in [6.45, 7) is 11.5. The van der Waals surface area contributed by atoms with Crippen molar-refractivity contribution in [3.05, 3.63) is 0 Å². The monoisotopic (exact) mass is 1140 g/mol. The lowest BCUT2D eigenvalue weighted by Gasteiger charge is -2.29. The van der Waals surface area contributed by atoms with Crippen LogP contribution in [0, 0.1) is 11.8 Å². The van der Waals surface area contributed by atoms with Gasteiger partial charge in [0.1, 0.15) is 13.2 Å². The standard InChI is InChI=1S/C62H115N3O15/c1-8-12-16-20-24-28-34-56(66)77-50-54(51-78-57(67)35-29-25-21-17-13-9-2)48-60(70)75-44-41-65(62(72)64(6)40-32-38-63(5)39-33-43-74-47-46-73-7)42-45-76-61(71)49-55(52-79-58(68)36-30-26-22-18-14-10-3)53-80-59(69)37-31-27-23-19-15-11-4/h54-55H,8-53H2,1-7H3. The Morgan fingerprint density at radius 1 is 0.338 bits per heavy atom. The minimum atomic E-state index is -0.634. The number of methoxy groups -OCH3 is 1. The second-order valence-electron chi connectivity index (χ2n) is 21.7. The number of hydrogen-bond donors (Lipinski definition) is 0. The first-order valence-electron chi connectivity index (χ1n) is 31.5. The van der Waals surface area contributed by atoms with E-state index in [1.165, 1.54) is 4.90 Å². The van der Waals surface area contributed by atoms with Crippen LogP contribution >= 0.6 is 0 Å². The smallest absolute Gasteiger partial charge is 0.319 e. The van der Waals surface area contributed by atoms with Gasteiger partial charge in [-0.2, -0.15) is 0 Å². The fourth-order valence-corrected chi connectivity index (χ4v) is 8.80. The molecule has 80 heavy (non-hydrogen) atoms. The Balaban J connectivity index is 5.89.